The number of amides is 1. The molecule has 230 valence electrons. The number of halogens is 3. The number of aromatic nitrogens is 2. The third-order valence-electron chi connectivity index (χ3n) is 8.07. The Morgan fingerprint density at radius 3 is 2.30 bits per heavy atom. The highest BCUT2D eigenvalue weighted by atomic mass is 19.1. The summed E-state index contributed by atoms with van der Waals surface area (Å²) in [7, 11) is 2.05. The van der Waals surface area contributed by atoms with Gasteiger partial charge < -0.3 is 20.2 Å². The number of piperazine rings is 1. The van der Waals surface area contributed by atoms with E-state index in [1.54, 1.807) is 12.1 Å². The molecule has 0 radical (unpaired) electrons. The van der Waals surface area contributed by atoms with Gasteiger partial charge in [0.15, 0.2) is 0 Å². The predicted molar refractivity (Wildman–Crippen MR) is 165 cm³/mol. The standard InChI is InChI=1S/C33H35F3N6O2/c1-19-12-20(2)30(21(3)13-19)31(23-14-24(34)16-25(35)15-23)42(33(43)44)29-8-9-37-32(39-29)38-26-6-7-28(27(36)17-26)41-11-10-40(5)22(4)18-41/h6-9,12-17,22,31H,10-11,18H2,1-5H3,(H,43,44)(H,37,38,39). The Hall–Kier alpha value is -4.64. The summed E-state index contributed by atoms with van der Waals surface area (Å²) in [5.41, 5.74) is 4.01. The van der Waals surface area contributed by atoms with Gasteiger partial charge >= 0.3 is 6.09 Å². The van der Waals surface area contributed by atoms with Gasteiger partial charge in [-0.2, -0.15) is 4.98 Å². The lowest BCUT2D eigenvalue weighted by molar-refractivity contribution is 0.199. The summed E-state index contributed by atoms with van der Waals surface area (Å²) in [6.07, 6.45) is -0.0184. The molecule has 8 nitrogen and oxygen atoms in total. The maximum atomic E-state index is 15.2. The molecule has 0 aliphatic carbocycles. The molecule has 0 spiro atoms. The third kappa shape index (κ3) is 6.47. The fourth-order valence-electron chi connectivity index (χ4n) is 5.92. The fraction of sp³-hybridized carbons (Fsp3) is 0.303. The first-order valence-corrected chi connectivity index (χ1v) is 14.3. The molecule has 5 rings (SSSR count). The maximum absolute atomic E-state index is 15.2. The minimum atomic E-state index is -1.39. The third-order valence-corrected chi connectivity index (χ3v) is 8.07. The Balaban J connectivity index is 1.51. The average Bonchev–Trinajstić information content (AvgIpc) is 2.93. The zero-order valence-electron chi connectivity index (χ0n) is 25.3. The second-order valence-corrected chi connectivity index (χ2v) is 11.4. The molecule has 11 heteroatoms. The van der Waals surface area contributed by atoms with Crippen molar-refractivity contribution in [2.45, 2.75) is 39.8 Å². The molecule has 1 amide bonds. The highest BCUT2D eigenvalue weighted by Gasteiger charge is 2.33. The number of aryl methyl sites for hydroxylation is 3. The van der Waals surface area contributed by atoms with Crippen molar-refractivity contribution in [3.63, 3.8) is 0 Å². The highest BCUT2D eigenvalue weighted by molar-refractivity contribution is 5.87. The lowest BCUT2D eigenvalue weighted by Crippen LogP contribution is -2.50. The monoisotopic (exact) mass is 604 g/mol. The number of carboxylic acid groups (broad SMARTS) is 1. The first-order chi connectivity index (χ1) is 20.9. The zero-order valence-corrected chi connectivity index (χ0v) is 25.3. The number of nitrogens with zero attached hydrogens (tertiary/aromatic N) is 5. The van der Waals surface area contributed by atoms with Gasteiger partial charge in [0.2, 0.25) is 5.95 Å². The number of hydrogen-bond donors (Lipinski definition) is 2. The molecule has 2 N–H and O–H groups in total. The van der Waals surface area contributed by atoms with Crippen molar-refractivity contribution in [1.82, 2.24) is 14.9 Å². The largest absolute Gasteiger partial charge is 0.465 e. The highest BCUT2D eigenvalue weighted by Crippen LogP contribution is 2.37. The van der Waals surface area contributed by atoms with Crippen LogP contribution in [-0.4, -0.2) is 58.8 Å². The molecule has 1 fully saturated rings. The Morgan fingerprint density at radius 2 is 1.68 bits per heavy atom. The van der Waals surface area contributed by atoms with Crippen LogP contribution in [0.2, 0.25) is 0 Å². The number of likely N-dealkylation sites (N-methyl/N-ethyl adjacent to an activating group) is 1. The molecule has 44 heavy (non-hydrogen) atoms. The smallest absolute Gasteiger partial charge is 0.413 e. The van der Waals surface area contributed by atoms with Gasteiger partial charge in [-0.25, -0.2) is 27.8 Å². The van der Waals surface area contributed by atoms with Crippen LogP contribution in [0.15, 0.2) is 60.8 Å². The van der Waals surface area contributed by atoms with Crippen molar-refractivity contribution < 1.29 is 23.1 Å². The first-order valence-electron chi connectivity index (χ1n) is 14.3. The molecule has 3 aromatic carbocycles. The van der Waals surface area contributed by atoms with Crippen molar-refractivity contribution in [1.29, 1.82) is 0 Å². The molecule has 4 aromatic rings. The van der Waals surface area contributed by atoms with E-state index in [1.165, 1.54) is 18.3 Å². The van der Waals surface area contributed by atoms with Crippen molar-refractivity contribution in [2.75, 3.05) is 41.8 Å². The molecule has 0 bridgehead atoms. The van der Waals surface area contributed by atoms with Gasteiger partial charge in [0.05, 0.1) is 11.7 Å². The molecular formula is C33H35F3N6O2. The summed E-state index contributed by atoms with van der Waals surface area (Å²) >= 11 is 0. The Morgan fingerprint density at radius 1 is 1.00 bits per heavy atom. The van der Waals surface area contributed by atoms with Gasteiger partial charge in [-0.15, -0.1) is 0 Å². The molecule has 2 atom stereocenters. The van der Waals surface area contributed by atoms with Crippen LogP contribution < -0.4 is 15.1 Å². The predicted octanol–water partition coefficient (Wildman–Crippen LogP) is 6.98. The van der Waals surface area contributed by atoms with E-state index < -0.39 is 29.6 Å². The van der Waals surface area contributed by atoms with Crippen LogP contribution in [0.4, 0.5) is 41.1 Å². The van der Waals surface area contributed by atoms with Gasteiger partial charge in [-0.1, -0.05) is 17.7 Å². The molecule has 1 aliphatic heterocycles. The van der Waals surface area contributed by atoms with E-state index in [0.29, 0.717) is 30.0 Å². The van der Waals surface area contributed by atoms with E-state index in [1.807, 2.05) is 44.9 Å². The number of rotatable bonds is 7. The number of hydrogen-bond acceptors (Lipinski definition) is 6. The lowest BCUT2D eigenvalue weighted by Gasteiger charge is -2.39. The quantitative estimate of drug-likeness (QED) is 0.236. The summed E-state index contributed by atoms with van der Waals surface area (Å²) in [5, 5.41) is 13.5. The summed E-state index contributed by atoms with van der Waals surface area (Å²) < 4.78 is 44.2. The number of benzene rings is 3. The van der Waals surface area contributed by atoms with E-state index in [2.05, 4.69) is 27.1 Å². The minimum Gasteiger partial charge on any atom is -0.465 e. The summed E-state index contributed by atoms with van der Waals surface area (Å²) in [4.78, 5) is 26.8. The number of anilines is 4. The van der Waals surface area contributed by atoms with Crippen LogP contribution in [0.5, 0.6) is 0 Å². The number of carbonyl (C=O) groups is 1. The normalized spacial score (nSPS) is 16.1. The summed E-state index contributed by atoms with van der Waals surface area (Å²) in [6, 6.07) is 12.1. The average molecular weight is 605 g/mol. The van der Waals surface area contributed by atoms with Crippen molar-refractivity contribution in [2.24, 2.45) is 0 Å². The molecule has 2 unspecified atom stereocenters. The van der Waals surface area contributed by atoms with Gasteiger partial charge in [0, 0.05) is 43.6 Å². The molecule has 0 saturated carbocycles. The van der Waals surface area contributed by atoms with E-state index in [9.17, 15) is 18.7 Å². The number of nitrogens with one attached hydrogen (secondary N) is 1. The molecule has 1 aliphatic rings. The van der Waals surface area contributed by atoms with Crippen LogP contribution in [0.1, 0.15) is 40.8 Å². The summed E-state index contributed by atoms with van der Waals surface area (Å²) in [6.45, 7) is 9.90. The molecule has 1 aromatic heterocycles. The minimum absolute atomic E-state index is 0.0237. The van der Waals surface area contributed by atoms with Crippen LogP contribution in [0.3, 0.4) is 0 Å². The van der Waals surface area contributed by atoms with Crippen LogP contribution in [-0.2, 0) is 0 Å². The van der Waals surface area contributed by atoms with Crippen LogP contribution in [0.25, 0.3) is 0 Å². The van der Waals surface area contributed by atoms with E-state index >= 15 is 4.39 Å². The lowest BCUT2D eigenvalue weighted by atomic mass is 9.89. The molecule has 2 heterocycles. The van der Waals surface area contributed by atoms with Gasteiger partial charge in [-0.05, 0) is 93.4 Å². The SMILES string of the molecule is Cc1cc(C)c(C(c2cc(F)cc(F)c2)N(C(=O)O)c2ccnc(Nc3ccc(N4CCN(C)C(C)C4)c(F)c3)n2)c(C)c1. The van der Waals surface area contributed by atoms with Crippen molar-refractivity contribution in [3.8, 4) is 0 Å². The van der Waals surface area contributed by atoms with E-state index in [0.717, 1.165) is 46.3 Å². The molecule has 1 saturated heterocycles. The van der Waals surface area contributed by atoms with E-state index in [-0.39, 0.29) is 23.4 Å². The van der Waals surface area contributed by atoms with E-state index in [4.69, 9.17) is 0 Å². The Labute approximate surface area is 254 Å². The fourth-order valence-corrected chi connectivity index (χ4v) is 5.92. The second kappa shape index (κ2) is 12.5. The zero-order chi connectivity index (χ0) is 31.7. The Bertz CT molecular complexity index is 1660. The molecular weight excluding hydrogens is 569 g/mol. The maximum Gasteiger partial charge on any atom is 0.413 e. The van der Waals surface area contributed by atoms with Crippen LogP contribution in [0, 0.1) is 38.2 Å². The van der Waals surface area contributed by atoms with Crippen LogP contribution >= 0.6 is 0 Å². The van der Waals surface area contributed by atoms with Crippen molar-refractivity contribution >= 4 is 29.2 Å². The van der Waals surface area contributed by atoms with Crippen molar-refractivity contribution in [3.05, 3.63) is 106 Å². The Kier molecular flexibility index (Phi) is 8.78. The first kappa shape index (κ1) is 30.8. The van der Waals surface area contributed by atoms with Gasteiger partial charge in [0.1, 0.15) is 23.3 Å². The second-order valence-electron chi connectivity index (χ2n) is 11.4. The van der Waals surface area contributed by atoms with Gasteiger partial charge in [0.25, 0.3) is 0 Å². The topological polar surface area (TPSA) is 84.8 Å². The summed E-state index contributed by atoms with van der Waals surface area (Å²) in [5.74, 6) is -2.09. The van der Waals surface area contributed by atoms with Gasteiger partial charge in [-0.3, -0.25) is 0 Å².